The van der Waals surface area contributed by atoms with Crippen molar-refractivity contribution in [3.63, 3.8) is 0 Å². The largest absolute Gasteiger partial charge is 0.368 e. The third kappa shape index (κ3) is 4.19. The molecule has 0 aromatic carbocycles. The number of rotatable bonds is 5. The van der Waals surface area contributed by atoms with Gasteiger partial charge in [-0.3, -0.25) is 14.4 Å². The van der Waals surface area contributed by atoms with E-state index in [0.717, 1.165) is 12.8 Å². The van der Waals surface area contributed by atoms with Crippen molar-refractivity contribution >= 4 is 17.7 Å². The molecule has 0 spiro atoms. The summed E-state index contributed by atoms with van der Waals surface area (Å²) in [7, 11) is 0. The van der Waals surface area contributed by atoms with E-state index in [0.29, 0.717) is 13.0 Å². The summed E-state index contributed by atoms with van der Waals surface area (Å²) in [6.07, 6.45) is 2.30. The fraction of sp³-hybridized carbons (Fsp3) is 0.769. The van der Waals surface area contributed by atoms with E-state index >= 15 is 0 Å². The average molecular weight is 284 g/mol. The van der Waals surface area contributed by atoms with Gasteiger partial charge in [0.15, 0.2) is 0 Å². The number of carbonyl (C=O) groups excluding carboxylic acids is 3. The molecule has 3 amide bonds. The summed E-state index contributed by atoms with van der Waals surface area (Å²) < 4.78 is 0. The van der Waals surface area contributed by atoms with Gasteiger partial charge in [0, 0.05) is 6.54 Å². The SMILES string of the molecule is CC(C)[C@H](N)C(=O)NCC(=O)N1CCCCC1C(N)=O. The molecule has 1 aliphatic heterocycles. The molecule has 1 saturated heterocycles. The lowest BCUT2D eigenvalue weighted by atomic mass is 10.0. The van der Waals surface area contributed by atoms with Crippen LogP contribution < -0.4 is 16.8 Å². The third-order valence-electron chi connectivity index (χ3n) is 3.59. The summed E-state index contributed by atoms with van der Waals surface area (Å²) >= 11 is 0. The van der Waals surface area contributed by atoms with Crippen LogP contribution in [0.5, 0.6) is 0 Å². The Hall–Kier alpha value is -1.63. The molecule has 1 fully saturated rings. The Bertz CT molecular complexity index is 384. The molecule has 7 nitrogen and oxygen atoms in total. The van der Waals surface area contributed by atoms with Crippen molar-refractivity contribution < 1.29 is 14.4 Å². The minimum absolute atomic E-state index is 0.00143. The molecule has 0 aromatic heterocycles. The number of nitrogens with zero attached hydrogens (tertiary/aromatic N) is 1. The number of hydrogen-bond acceptors (Lipinski definition) is 4. The molecule has 2 atom stereocenters. The fourth-order valence-electron chi connectivity index (χ4n) is 2.21. The Kier molecular flexibility index (Phi) is 5.94. The zero-order valence-electron chi connectivity index (χ0n) is 12.1. The van der Waals surface area contributed by atoms with Gasteiger partial charge in [0.05, 0.1) is 12.6 Å². The van der Waals surface area contributed by atoms with Crippen LogP contribution in [0.25, 0.3) is 0 Å². The minimum Gasteiger partial charge on any atom is -0.368 e. The number of nitrogens with one attached hydrogen (secondary N) is 1. The summed E-state index contributed by atoms with van der Waals surface area (Å²) in [5.74, 6) is -1.15. The standard InChI is InChI=1S/C13H24N4O3/c1-8(2)11(14)13(20)16-7-10(18)17-6-4-3-5-9(17)12(15)19/h8-9,11H,3-7,14H2,1-2H3,(H2,15,19)(H,16,20)/t9?,11-/m0/s1. The third-order valence-corrected chi connectivity index (χ3v) is 3.59. The van der Waals surface area contributed by atoms with Gasteiger partial charge < -0.3 is 21.7 Å². The maximum absolute atomic E-state index is 12.1. The molecule has 0 radical (unpaired) electrons. The van der Waals surface area contributed by atoms with E-state index in [-0.39, 0.29) is 24.3 Å². The molecular weight excluding hydrogens is 260 g/mol. The summed E-state index contributed by atoms with van der Waals surface area (Å²) in [6, 6.07) is -1.21. The summed E-state index contributed by atoms with van der Waals surface area (Å²) in [5.41, 5.74) is 11.0. The van der Waals surface area contributed by atoms with Crippen molar-refractivity contribution in [1.82, 2.24) is 10.2 Å². The van der Waals surface area contributed by atoms with E-state index in [1.807, 2.05) is 13.8 Å². The van der Waals surface area contributed by atoms with Gasteiger partial charge in [-0.25, -0.2) is 0 Å². The summed E-state index contributed by atoms with van der Waals surface area (Å²) in [4.78, 5) is 36.5. The predicted molar refractivity (Wildman–Crippen MR) is 74.4 cm³/mol. The molecule has 7 heteroatoms. The molecule has 1 unspecified atom stereocenters. The second kappa shape index (κ2) is 7.23. The monoisotopic (exact) mass is 284 g/mol. The van der Waals surface area contributed by atoms with E-state index in [9.17, 15) is 14.4 Å². The maximum Gasteiger partial charge on any atom is 0.242 e. The van der Waals surface area contributed by atoms with Gasteiger partial charge in [-0.05, 0) is 25.2 Å². The van der Waals surface area contributed by atoms with Crippen molar-refractivity contribution in [2.75, 3.05) is 13.1 Å². The minimum atomic E-state index is -0.643. The van der Waals surface area contributed by atoms with Gasteiger partial charge >= 0.3 is 0 Å². The highest BCUT2D eigenvalue weighted by atomic mass is 16.2. The van der Waals surface area contributed by atoms with Gasteiger partial charge in [0.25, 0.3) is 0 Å². The van der Waals surface area contributed by atoms with Crippen molar-refractivity contribution in [2.24, 2.45) is 17.4 Å². The zero-order valence-corrected chi connectivity index (χ0v) is 12.1. The molecule has 1 aliphatic rings. The van der Waals surface area contributed by atoms with Crippen LogP contribution in [0.4, 0.5) is 0 Å². The van der Waals surface area contributed by atoms with Crippen molar-refractivity contribution in [1.29, 1.82) is 0 Å². The number of piperidine rings is 1. The van der Waals surface area contributed by atoms with Crippen molar-refractivity contribution in [2.45, 2.75) is 45.2 Å². The van der Waals surface area contributed by atoms with E-state index in [2.05, 4.69) is 5.32 Å². The van der Waals surface area contributed by atoms with Gasteiger partial charge in [-0.1, -0.05) is 13.8 Å². The number of nitrogens with two attached hydrogens (primary N) is 2. The van der Waals surface area contributed by atoms with Crippen molar-refractivity contribution in [3.8, 4) is 0 Å². The van der Waals surface area contributed by atoms with Crippen LogP contribution in [0.2, 0.25) is 0 Å². The topological polar surface area (TPSA) is 119 Å². The molecular formula is C13H24N4O3. The van der Waals surface area contributed by atoms with Gasteiger partial charge in [0.2, 0.25) is 17.7 Å². The molecule has 0 aromatic rings. The summed E-state index contributed by atoms with van der Waals surface area (Å²) in [6.45, 7) is 4.02. The van der Waals surface area contributed by atoms with Crippen LogP contribution >= 0.6 is 0 Å². The number of likely N-dealkylation sites (tertiary alicyclic amines) is 1. The number of carbonyl (C=O) groups is 3. The second-order valence-electron chi connectivity index (χ2n) is 5.49. The number of amides is 3. The first-order valence-corrected chi connectivity index (χ1v) is 6.96. The lowest BCUT2D eigenvalue weighted by Crippen LogP contribution is -2.54. The number of primary amides is 1. The molecule has 1 rings (SSSR count). The highest BCUT2D eigenvalue weighted by Crippen LogP contribution is 2.16. The van der Waals surface area contributed by atoms with Crippen LogP contribution in [0.15, 0.2) is 0 Å². The Morgan fingerprint density at radius 1 is 1.30 bits per heavy atom. The average Bonchev–Trinajstić information content (AvgIpc) is 2.43. The lowest BCUT2D eigenvalue weighted by molar-refractivity contribution is -0.141. The van der Waals surface area contributed by atoms with Gasteiger partial charge in [-0.15, -0.1) is 0 Å². The first-order chi connectivity index (χ1) is 9.34. The highest BCUT2D eigenvalue weighted by Gasteiger charge is 2.30. The molecule has 1 heterocycles. The van der Waals surface area contributed by atoms with Gasteiger partial charge in [-0.2, -0.15) is 0 Å². The smallest absolute Gasteiger partial charge is 0.242 e. The van der Waals surface area contributed by atoms with E-state index in [1.165, 1.54) is 4.90 Å². The fourth-order valence-corrected chi connectivity index (χ4v) is 2.21. The molecule has 0 aliphatic carbocycles. The maximum atomic E-state index is 12.1. The Morgan fingerprint density at radius 2 is 1.95 bits per heavy atom. The number of hydrogen-bond donors (Lipinski definition) is 3. The Morgan fingerprint density at radius 3 is 2.50 bits per heavy atom. The quantitative estimate of drug-likeness (QED) is 0.597. The highest BCUT2D eigenvalue weighted by molar-refractivity contribution is 5.90. The van der Waals surface area contributed by atoms with E-state index in [4.69, 9.17) is 11.5 Å². The van der Waals surface area contributed by atoms with E-state index < -0.39 is 18.0 Å². The molecule has 0 saturated carbocycles. The molecule has 114 valence electrons. The molecule has 0 bridgehead atoms. The predicted octanol–water partition coefficient (Wildman–Crippen LogP) is -1.05. The second-order valence-corrected chi connectivity index (χ2v) is 5.49. The van der Waals surface area contributed by atoms with Gasteiger partial charge in [0.1, 0.15) is 6.04 Å². The Balaban J connectivity index is 2.53. The van der Waals surface area contributed by atoms with Crippen LogP contribution in [0, 0.1) is 5.92 Å². The zero-order chi connectivity index (χ0) is 15.3. The van der Waals surface area contributed by atoms with Crippen LogP contribution in [-0.4, -0.2) is 47.8 Å². The summed E-state index contributed by atoms with van der Waals surface area (Å²) in [5, 5.41) is 2.51. The van der Waals surface area contributed by atoms with Crippen LogP contribution in [-0.2, 0) is 14.4 Å². The Labute approximate surface area is 119 Å². The normalized spacial score (nSPS) is 20.6. The van der Waals surface area contributed by atoms with Crippen LogP contribution in [0.1, 0.15) is 33.1 Å². The first kappa shape index (κ1) is 16.4. The first-order valence-electron chi connectivity index (χ1n) is 6.96. The van der Waals surface area contributed by atoms with E-state index in [1.54, 1.807) is 0 Å². The molecule has 5 N–H and O–H groups in total. The lowest BCUT2D eigenvalue weighted by Gasteiger charge is -2.33. The van der Waals surface area contributed by atoms with Crippen LogP contribution in [0.3, 0.4) is 0 Å². The van der Waals surface area contributed by atoms with Crippen molar-refractivity contribution in [3.05, 3.63) is 0 Å². The molecule has 20 heavy (non-hydrogen) atoms.